The lowest BCUT2D eigenvalue weighted by Crippen LogP contribution is -2.07. The van der Waals surface area contributed by atoms with E-state index >= 15 is 0 Å². The molecule has 0 aromatic heterocycles. The molecule has 0 radical (unpaired) electrons. The van der Waals surface area contributed by atoms with Crippen LogP contribution in [0.25, 0.3) is 0 Å². The van der Waals surface area contributed by atoms with E-state index in [2.05, 4.69) is 42.1 Å². The van der Waals surface area contributed by atoms with Crippen molar-refractivity contribution in [3.63, 3.8) is 0 Å². The van der Waals surface area contributed by atoms with Crippen LogP contribution in [-0.4, -0.2) is 50.6 Å². The highest BCUT2D eigenvalue weighted by atomic mass is 128. The van der Waals surface area contributed by atoms with Crippen molar-refractivity contribution in [3.8, 4) is 0 Å². The zero-order valence-electron chi connectivity index (χ0n) is 7.91. The second-order valence-corrected chi connectivity index (χ2v) is 1.84. The van der Waals surface area contributed by atoms with Crippen LogP contribution in [0.5, 0.6) is 0 Å². The molecule has 0 aliphatic rings. The van der Waals surface area contributed by atoms with Crippen molar-refractivity contribution in [1.29, 1.82) is 0 Å². The van der Waals surface area contributed by atoms with Crippen molar-refractivity contribution in [2.45, 2.75) is 0 Å². The molecule has 0 saturated heterocycles. The third-order valence-corrected chi connectivity index (χ3v) is 0.365. The molecule has 0 rings (SSSR count). The van der Waals surface area contributed by atoms with Gasteiger partial charge in [0, 0.05) is 65.4 Å². The summed E-state index contributed by atoms with van der Waals surface area (Å²) in [6.45, 7) is 0. The Morgan fingerprint density at radius 3 is 1.17 bits per heavy atom. The number of hydroxylamine groups is 4. The van der Waals surface area contributed by atoms with E-state index in [4.69, 9.17) is 5.21 Å². The van der Waals surface area contributed by atoms with Gasteiger partial charge in [-0.2, -0.15) is 10.1 Å². The van der Waals surface area contributed by atoms with Crippen LogP contribution in [0.15, 0.2) is 0 Å². The Hall–Kier alpha value is 2.03. The van der Waals surface area contributed by atoms with Crippen molar-refractivity contribution in [2.24, 2.45) is 0 Å². The van der Waals surface area contributed by atoms with Crippen LogP contribution in [0.3, 0.4) is 0 Å². The second kappa shape index (κ2) is 23.1. The zero-order valence-corrected chi connectivity index (χ0v) is 14.6. The molecular formula is C5H17I3N2O2. The molecule has 1 N–H and O–H groups in total. The standard InChI is InChI=1S/C3H9NO.C2H7NO.I2.HI/c1-4(2)5-3;1-3(2)4;1-2;/h1-3H3;4H,1-2H3;;1H. The smallest absolute Gasteiger partial charge is 0.0574 e. The van der Waals surface area contributed by atoms with Gasteiger partial charge < -0.3 is 10.0 Å². The molecule has 0 aliphatic heterocycles. The van der Waals surface area contributed by atoms with E-state index in [1.165, 1.54) is 0 Å². The minimum absolute atomic E-state index is 0. The molecule has 0 fully saturated rings. The first-order valence-electron chi connectivity index (χ1n) is 2.72. The lowest BCUT2D eigenvalue weighted by Gasteiger charge is -2.01. The van der Waals surface area contributed by atoms with E-state index in [1.807, 2.05) is 14.1 Å². The van der Waals surface area contributed by atoms with Gasteiger partial charge in [0.2, 0.25) is 0 Å². The average Bonchev–Trinajstić information content (AvgIpc) is 1.91. The number of hydrogen-bond acceptors (Lipinski definition) is 4. The molecular weight excluding hydrogens is 501 g/mol. The maximum Gasteiger partial charge on any atom is 0.0574 e. The summed E-state index contributed by atoms with van der Waals surface area (Å²) in [7, 11) is 8.40. The molecule has 0 unspecified atom stereocenters. The molecule has 0 bridgehead atoms. The maximum absolute atomic E-state index is 7.89. The molecule has 0 heterocycles. The topological polar surface area (TPSA) is 35.9 Å². The van der Waals surface area contributed by atoms with Crippen LogP contribution in [0.2, 0.25) is 0 Å². The Balaban J connectivity index is -0.0000000419. The van der Waals surface area contributed by atoms with Crippen molar-refractivity contribution in [1.82, 2.24) is 10.1 Å². The Morgan fingerprint density at radius 2 is 1.17 bits per heavy atom. The second-order valence-electron chi connectivity index (χ2n) is 1.84. The highest BCUT2D eigenvalue weighted by Gasteiger charge is 1.70. The minimum Gasteiger partial charge on any atom is -0.315 e. The van der Waals surface area contributed by atoms with Crippen molar-refractivity contribution in [2.75, 3.05) is 35.3 Å². The molecule has 0 atom stereocenters. The van der Waals surface area contributed by atoms with E-state index in [1.54, 1.807) is 26.3 Å². The van der Waals surface area contributed by atoms with Gasteiger partial charge in [0.25, 0.3) is 0 Å². The number of hydrogen-bond donors (Lipinski definition) is 1. The fraction of sp³-hybridized carbons (Fsp3) is 1.00. The van der Waals surface area contributed by atoms with E-state index in [-0.39, 0.29) is 24.0 Å². The summed E-state index contributed by atoms with van der Waals surface area (Å²) in [6.07, 6.45) is 0. The molecule has 0 amide bonds. The van der Waals surface area contributed by atoms with Gasteiger partial charge in [-0.1, -0.05) is 0 Å². The summed E-state index contributed by atoms with van der Waals surface area (Å²) < 4.78 is 0. The lowest BCUT2D eigenvalue weighted by molar-refractivity contribution is -0.0855. The van der Waals surface area contributed by atoms with Gasteiger partial charge in [0.15, 0.2) is 0 Å². The highest BCUT2D eigenvalue weighted by molar-refractivity contribution is 15.0. The molecule has 0 aliphatic carbocycles. The van der Waals surface area contributed by atoms with Crippen molar-refractivity contribution < 1.29 is 10.0 Å². The summed E-state index contributed by atoms with van der Waals surface area (Å²) in [6, 6.07) is 0. The van der Waals surface area contributed by atoms with Gasteiger partial charge >= 0.3 is 0 Å². The summed E-state index contributed by atoms with van der Waals surface area (Å²) in [5.41, 5.74) is 0. The summed E-state index contributed by atoms with van der Waals surface area (Å²) in [4.78, 5) is 4.58. The van der Waals surface area contributed by atoms with Gasteiger partial charge in [-0.3, -0.25) is 0 Å². The molecule has 7 heteroatoms. The summed E-state index contributed by atoms with van der Waals surface area (Å²) >= 11 is 4.24. The zero-order chi connectivity index (χ0) is 9.86. The summed E-state index contributed by atoms with van der Waals surface area (Å²) in [5.74, 6) is 0. The van der Waals surface area contributed by atoms with Crippen LogP contribution < -0.4 is 0 Å². The van der Waals surface area contributed by atoms with Crippen molar-refractivity contribution in [3.05, 3.63) is 0 Å². The molecule has 0 spiro atoms. The Kier molecular flexibility index (Phi) is 45.6. The van der Waals surface area contributed by atoms with E-state index in [0.717, 1.165) is 5.06 Å². The molecule has 12 heavy (non-hydrogen) atoms. The van der Waals surface area contributed by atoms with E-state index in [0.29, 0.717) is 0 Å². The van der Waals surface area contributed by atoms with Gasteiger partial charge in [-0.05, 0) is 0 Å². The lowest BCUT2D eigenvalue weighted by atomic mass is 11.2. The van der Waals surface area contributed by atoms with Gasteiger partial charge in [-0.25, -0.2) is 0 Å². The van der Waals surface area contributed by atoms with Crippen molar-refractivity contribution >= 4 is 61.2 Å². The van der Waals surface area contributed by atoms with Crippen LogP contribution in [0.1, 0.15) is 0 Å². The third kappa shape index (κ3) is 90.1. The molecule has 0 aromatic rings. The fourth-order valence-corrected chi connectivity index (χ4v) is 0. The molecule has 4 nitrogen and oxygen atoms in total. The van der Waals surface area contributed by atoms with Gasteiger partial charge in [-0.15, -0.1) is 24.0 Å². The minimum atomic E-state index is 0. The SMILES string of the molecule is CN(C)O.CON(C)C.I.II. The number of nitrogens with zero attached hydrogens (tertiary/aromatic N) is 2. The first-order valence-corrected chi connectivity index (χ1v) is 9.01. The van der Waals surface area contributed by atoms with Crippen LogP contribution in [-0.2, 0) is 4.84 Å². The number of rotatable bonds is 1. The average molecular weight is 518 g/mol. The highest BCUT2D eigenvalue weighted by Crippen LogP contribution is 1.89. The predicted octanol–water partition coefficient (Wildman–Crippen LogP) is 2.44. The molecule has 0 saturated carbocycles. The monoisotopic (exact) mass is 518 g/mol. The van der Waals surface area contributed by atoms with Crippen LogP contribution in [0, 0.1) is 0 Å². The first kappa shape index (κ1) is 23.7. The van der Waals surface area contributed by atoms with E-state index < -0.39 is 0 Å². The Labute approximate surface area is 115 Å². The molecule has 80 valence electrons. The van der Waals surface area contributed by atoms with Gasteiger partial charge in [0.1, 0.15) is 0 Å². The van der Waals surface area contributed by atoms with Crippen LogP contribution in [0.4, 0.5) is 0 Å². The third-order valence-electron chi connectivity index (χ3n) is 0.365. The van der Waals surface area contributed by atoms with Crippen LogP contribution >= 0.6 is 61.2 Å². The maximum atomic E-state index is 7.89. The Morgan fingerprint density at radius 1 is 1.08 bits per heavy atom. The number of halogens is 3. The van der Waals surface area contributed by atoms with Gasteiger partial charge in [0.05, 0.1) is 7.11 Å². The quantitative estimate of drug-likeness (QED) is 0.428. The largest absolute Gasteiger partial charge is 0.315 e. The normalized spacial score (nSPS) is 7.50. The van der Waals surface area contributed by atoms with E-state index in [9.17, 15) is 0 Å². The summed E-state index contributed by atoms with van der Waals surface area (Å²) in [5, 5.41) is 10.5. The fourth-order valence-electron chi connectivity index (χ4n) is 0. The first-order chi connectivity index (χ1) is 5.00. The Bertz CT molecular complexity index is 55.2. The predicted molar refractivity (Wildman–Crippen MR) is 79.6 cm³/mol. The molecule has 0 aromatic carbocycles.